The average Bonchev–Trinajstić information content (AvgIpc) is 3.22. The molecule has 0 aliphatic heterocycles. The lowest BCUT2D eigenvalue weighted by atomic mass is 10.1. The van der Waals surface area contributed by atoms with Crippen LogP contribution in [0, 0.1) is 11.3 Å². The zero-order valence-electron chi connectivity index (χ0n) is 16.7. The molecule has 0 fully saturated rings. The van der Waals surface area contributed by atoms with Crippen LogP contribution in [0.4, 0.5) is 5.69 Å². The number of thiazole rings is 1. The number of carbonyl (C=O) groups is 1. The normalized spacial score (nSPS) is 10.8. The largest absolute Gasteiger partial charge is 0.422 e. The van der Waals surface area contributed by atoms with Crippen molar-refractivity contribution in [3.05, 3.63) is 105 Å². The van der Waals surface area contributed by atoms with E-state index in [1.807, 2.05) is 30.3 Å². The predicted octanol–water partition coefficient (Wildman–Crippen LogP) is 5.12. The molecule has 2 heterocycles. The van der Waals surface area contributed by atoms with Crippen LogP contribution in [-0.4, -0.2) is 10.9 Å². The molecule has 32 heavy (non-hydrogen) atoms. The minimum absolute atomic E-state index is 0.247. The third-order valence-electron chi connectivity index (χ3n) is 5.08. The first-order valence-electron chi connectivity index (χ1n) is 9.83. The van der Waals surface area contributed by atoms with Gasteiger partial charge in [-0.1, -0.05) is 36.4 Å². The maximum Gasteiger partial charge on any atom is 0.336 e. The summed E-state index contributed by atoms with van der Waals surface area (Å²) in [5.41, 5.74) is 2.79. The van der Waals surface area contributed by atoms with E-state index in [-0.39, 0.29) is 17.1 Å². The monoisotopic (exact) mass is 437 g/mol. The molecule has 2 aromatic heterocycles. The number of hydrogen-bond donors (Lipinski definition) is 1. The molecule has 5 aromatic rings. The van der Waals surface area contributed by atoms with E-state index in [2.05, 4.69) is 11.4 Å². The Labute approximate surface area is 186 Å². The molecular weight excluding hydrogens is 422 g/mol. The Morgan fingerprint density at radius 1 is 1.03 bits per heavy atom. The van der Waals surface area contributed by atoms with Gasteiger partial charge < -0.3 is 9.73 Å². The number of amides is 1. The Hall–Kier alpha value is -4.28. The lowest BCUT2D eigenvalue weighted by Gasteiger charge is -2.07. The van der Waals surface area contributed by atoms with E-state index < -0.39 is 5.63 Å². The molecule has 0 bridgehead atoms. The van der Waals surface area contributed by atoms with Crippen molar-refractivity contribution in [3.63, 3.8) is 0 Å². The maximum absolute atomic E-state index is 13.0. The lowest BCUT2D eigenvalue weighted by Crippen LogP contribution is -2.13. The summed E-state index contributed by atoms with van der Waals surface area (Å²) in [6.45, 7) is 0. The Morgan fingerprint density at radius 2 is 1.88 bits per heavy atom. The summed E-state index contributed by atoms with van der Waals surface area (Å²) < 4.78 is 6.20. The number of rotatable bonds is 4. The molecule has 0 aliphatic carbocycles. The van der Waals surface area contributed by atoms with E-state index in [4.69, 9.17) is 9.40 Å². The first-order chi connectivity index (χ1) is 15.6. The van der Waals surface area contributed by atoms with Gasteiger partial charge in [0.25, 0.3) is 5.91 Å². The minimum Gasteiger partial charge on any atom is -0.422 e. The van der Waals surface area contributed by atoms with Crippen LogP contribution in [0.5, 0.6) is 0 Å². The molecule has 5 rings (SSSR count). The second-order valence-electron chi connectivity index (χ2n) is 7.14. The standard InChI is InChI=1S/C25H15N3O3S/c26-14-17-6-2-1-5-16(17)13-21-28-23-19(9-4-10-20(23)32-21)27-25(30)18-8-3-7-15-11-12-22(29)31-24(15)18/h1-12H,13H2,(H,27,30). The maximum atomic E-state index is 13.0. The van der Waals surface area contributed by atoms with Crippen LogP contribution in [0.15, 0.2) is 82.0 Å². The van der Waals surface area contributed by atoms with Gasteiger partial charge in [-0.05, 0) is 35.9 Å². The fraction of sp³-hybridized carbons (Fsp3) is 0.0400. The third-order valence-corrected chi connectivity index (χ3v) is 6.10. The zero-order valence-corrected chi connectivity index (χ0v) is 17.5. The fourth-order valence-electron chi connectivity index (χ4n) is 3.58. The van der Waals surface area contributed by atoms with Gasteiger partial charge in [-0.15, -0.1) is 11.3 Å². The minimum atomic E-state index is -0.512. The number of benzene rings is 3. The zero-order chi connectivity index (χ0) is 22.1. The fourth-order valence-corrected chi connectivity index (χ4v) is 4.60. The van der Waals surface area contributed by atoms with Crippen molar-refractivity contribution in [2.45, 2.75) is 6.42 Å². The molecule has 0 atom stereocenters. The van der Waals surface area contributed by atoms with E-state index in [9.17, 15) is 14.9 Å². The highest BCUT2D eigenvalue weighted by molar-refractivity contribution is 7.18. The Balaban J connectivity index is 1.49. The second-order valence-corrected chi connectivity index (χ2v) is 8.25. The van der Waals surface area contributed by atoms with Crippen LogP contribution in [0.25, 0.3) is 21.2 Å². The highest BCUT2D eigenvalue weighted by Gasteiger charge is 2.16. The quantitative estimate of drug-likeness (QED) is 0.394. The van der Waals surface area contributed by atoms with Gasteiger partial charge in [-0.25, -0.2) is 9.78 Å². The van der Waals surface area contributed by atoms with E-state index in [1.165, 1.54) is 17.4 Å². The van der Waals surface area contributed by atoms with Crippen molar-refractivity contribution >= 4 is 44.1 Å². The Bertz CT molecular complexity index is 1590. The van der Waals surface area contributed by atoms with Crippen molar-refractivity contribution in [1.29, 1.82) is 5.26 Å². The summed E-state index contributed by atoms with van der Waals surface area (Å²) in [4.78, 5) is 29.4. The highest BCUT2D eigenvalue weighted by atomic mass is 32.1. The molecule has 1 amide bonds. The third kappa shape index (κ3) is 3.64. The van der Waals surface area contributed by atoms with Crippen LogP contribution in [-0.2, 0) is 6.42 Å². The number of nitrogens with zero attached hydrogens (tertiary/aromatic N) is 2. The van der Waals surface area contributed by atoms with Gasteiger partial charge in [0, 0.05) is 17.9 Å². The molecule has 3 aromatic carbocycles. The number of hydrogen-bond acceptors (Lipinski definition) is 6. The molecule has 1 N–H and O–H groups in total. The molecule has 0 saturated heterocycles. The van der Waals surface area contributed by atoms with E-state index in [0.717, 1.165) is 15.3 Å². The number of para-hydroxylation sites is 2. The molecule has 7 heteroatoms. The van der Waals surface area contributed by atoms with Crippen molar-refractivity contribution in [1.82, 2.24) is 4.98 Å². The number of fused-ring (bicyclic) bond motifs is 2. The molecule has 6 nitrogen and oxygen atoms in total. The molecule has 154 valence electrons. The van der Waals surface area contributed by atoms with Gasteiger partial charge in [0.05, 0.1) is 32.6 Å². The van der Waals surface area contributed by atoms with Crippen LogP contribution in [0.1, 0.15) is 26.5 Å². The first-order valence-corrected chi connectivity index (χ1v) is 10.6. The van der Waals surface area contributed by atoms with Crippen molar-refractivity contribution in [3.8, 4) is 6.07 Å². The van der Waals surface area contributed by atoms with Gasteiger partial charge in [0.1, 0.15) is 5.52 Å². The van der Waals surface area contributed by atoms with Crippen LogP contribution >= 0.6 is 11.3 Å². The SMILES string of the molecule is N#Cc1ccccc1Cc1nc2c(NC(=O)c3cccc4ccc(=O)oc34)cccc2s1. The predicted molar refractivity (Wildman–Crippen MR) is 124 cm³/mol. The number of carbonyl (C=O) groups excluding carboxylic acids is 1. The van der Waals surface area contributed by atoms with Crippen molar-refractivity contribution in [2.24, 2.45) is 0 Å². The van der Waals surface area contributed by atoms with Gasteiger partial charge in [-0.2, -0.15) is 5.26 Å². The van der Waals surface area contributed by atoms with E-state index >= 15 is 0 Å². The van der Waals surface area contributed by atoms with E-state index in [0.29, 0.717) is 28.6 Å². The van der Waals surface area contributed by atoms with Gasteiger partial charge in [-0.3, -0.25) is 4.79 Å². The molecule has 0 spiro atoms. The second kappa shape index (κ2) is 8.10. The Kier molecular flexibility index (Phi) is 4.98. The first kappa shape index (κ1) is 19.7. The molecular formula is C25H15N3O3S. The highest BCUT2D eigenvalue weighted by Crippen LogP contribution is 2.30. The Morgan fingerprint density at radius 3 is 2.75 bits per heavy atom. The number of nitrogens with one attached hydrogen (secondary N) is 1. The van der Waals surface area contributed by atoms with Gasteiger partial charge in [0.2, 0.25) is 0 Å². The van der Waals surface area contributed by atoms with Crippen molar-refractivity contribution < 1.29 is 9.21 Å². The van der Waals surface area contributed by atoms with Gasteiger partial charge in [0.15, 0.2) is 5.58 Å². The van der Waals surface area contributed by atoms with Gasteiger partial charge >= 0.3 is 5.63 Å². The molecule has 0 saturated carbocycles. The summed E-state index contributed by atoms with van der Waals surface area (Å²) in [5.74, 6) is -0.387. The van der Waals surface area contributed by atoms with Crippen LogP contribution in [0.3, 0.4) is 0 Å². The molecule has 0 radical (unpaired) electrons. The summed E-state index contributed by atoms with van der Waals surface area (Å²) >= 11 is 1.52. The van der Waals surface area contributed by atoms with Crippen molar-refractivity contribution in [2.75, 3.05) is 5.32 Å². The molecule has 0 unspecified atom stereocenters. The molecule has 0 aliphatic rings. The lowest BCUT2D eigenvalue weighted by molar-refractivity contribution is 0.102. The number of anilines is 1. The summed E-state index contributed by atoms with van der Waals surface area (Å²) in [6.07, 6.45) is 0.533. The smallest absolute Gasteiger partial charge is 0.336 e. The van der Waals surface area contributed by atoms with Crippen LogP contribution in [0.2, 0.25) is 0 Å². The average molecular weight is 437 g/mol. The summed E-state index contributed by atoms with van der Waals surface area (Å²) in [7, 11) is 0. The summed E-state index contributed by atoms with van der Waals surface area (Å²) in [5, 5.41) is 13.8. The number of nitriles is 1. The topological polar surface area (TPSA) is 96.0 Å². The van der Waals surface area contributed by atoms with E-state index in [1.54, 1.807) is 36.4 Å². The van der Waals surface area contributed by atoms with Crippen LogP contribution < -0.4 is 10.9 Å². The number of aromatic nitrogens is 1. The summed E-state index contributed by atoms with van der Waals surface area (Å²) in [6, 6.07) is 23.3.